The summed E-state index contributed by atoms with van der Waals surface area (Å²) < 4.78 is 80.8. The molecule has 0 heterocycles. The Kier molecular flexibility index (Phi) is 6.22. The highest BCUT2D eigenvalue weighted by Gasteiger charge is 2.37. The number of Topliss-reactive ketones (excluding diaryl/α,β-unsaturated/α-hetero) is 1. The molecule has 1 aromatic carbocycles. The fourth-order valence-corrected chi connectivity index (χ4v) is 2.10. The van der Waals surface area contributed by atoms with E-state index < -0.39 is 52.5 Å². The molecule has 0 aliphatic heterocycles. The Balaban J connectivity index is 3.65. The van der Waals surface area contributed by atoms with E-state index in [2.05, 4.69) is 4.74 Å². The molecule has 25 heavy (non-hydrogen) atoms. The lowest BCUT2D eigenvalue weighted by Gasteiger charge is -2.14. The predicted octanol–water partition coefficient (Wildman–Crippen LogP) is 4.39. The number of benzene rings is 1. The number of ketones is 1. The number of carbonyl (C=O) groups is 2. The Hall–Kier alpha value is -2.52. The average molecular weight is 370 g/mol. The van der Waals surface area contributed by atoms with Crippen molar-refractivity contribution in [2.45, 2.75) is 33.1 Å². The summed E-state index contributed by atoms with van der Waals surface area (Å²) >= 11 is 0. The maximum Gasteiger partial charge on any atom is 0.573 e. The van der Waals surface area contributed by atoms with Gasteiger partial charge >= 0.3 is 12.3 Å². The minimum absolute atomic E-state index is 0.0118. The van der Waals surface area contributed by atoms with Crippen molar-refractivity contribution in [3.05, 3.63) is 40.2 Å². The van der Waals surface area contributed by atoms with E-state index in [0.29, 0.717) is 0 Å². The van der Waals surface area contributed by atoms with Gasteiger partial charge in [0.2, 0.25) is 17.3 Å². The summed E-state index contributed by atoms with van der Waals surface area (Å²) in [6.07, 6.45) is -5.42. The van der Waals surface area contributed by atoms with E-state index in [9.17, 15) is 35.9 Å². The number of ether oxygens (including phenoxy) is 1. The minimum Gasteiger partial charge on any atom is -0.478 e. The van der Waals surface area contributed by atoms with Crippen LogP contribution >= 0.6 is 0 Å². The maximum absolute atomic E-state index is 14.1. The first kappa shape index (κ1) is 20.5. The third kappa shape index (κ3) is 4.52. The lowest BCUT2D eigenvalue weighted by molar-refractivity contribution is -0.276. The molecule has 0 aromatic heterocycles. The van der Waals surface area contributed by atoms with E-state index in [1.165, 1.54) is 13.8 Å². The molecule has 0 saturated carbocycles. The van der Waals surface area contributed by atoms with Gasteiger partial charge in [0, 0.05) is 0 Å². The summed E-state index contributed by atoms with van der Waals surface area (Å²) in [7, 11) is 0. The molecule has 0 fully saturated rings. The fourth-order valence-electron chi connectivity index (χ4n) is 2.10. The van der Waals surface area contributed by atoms with Gasteiger partial charge in [-0.05, 0) is 18.9 Å². The summed E-state index contributed by atoms with van der Waals surface area (Å²) in [5, 5.41) is 9.13. The van der Waals surface area contributed by atoms with Gasteiger partial charge < -0.3 is 9.84 Å². The molecule has 0 bridgehead atoms. The molecule has 0 radical (unpaired) electrons. The summed E-state index contributed by atoms with van der Waals surface area (Å²) in [6.45, 7) is 2.99. The average Bonchev–Trinajstić information content (AvgIpc) is 2.50. The van der Waals surface area contributed by atoms with Crippen molar-refractivity contribution in [2.24, 2.45) is 0 Å². The molecule has 138 valence electrons. The Morgan fingerprint density at radius 2 is 1.60 bits per heavy atom. The van der Waals surface area contributed by atoms with Crippen LogP contribution in [-0.4, -0.2) is 23.2 Å². The zero-order valence-electron chi connectivity index (χ0n) is 12.9. The van der Waals surface area contributed by atoms with Gasteiger partial charge in [-0.1, -0.05) is 19.4 Å². The zero-order chi connectivity index (χ0) is 19.5. The highest BCUT2D eigenvalue weighted by atomic mass is 19.4. The van der Waals surface area contributed by atoms with E-state index in [0.717, 1.165) is 0 Å². The number of hydrogen-bond acceptors (Lipinski definition) is 3. The largest absolute Gasteiger partial charge is 0.573 e. The molecule has 0 saturated heterocycles. The van der Waals surface area contributed by atoms with E-state index in [1.54, 1.807) is 0 Å². The fraction of sp³-hybridized carbons (Fsp3) is 0.333. The second-order valence-electron chi connectivity index (χ2n) is 4.73. The molecule has 0 amide bonds. The van der Waals surface area contributed by atoms with Crippen molar-refractivity contribution in [2.75, 3.05) is 0 Å². The zero-order valence-corrected chi connectivity index (χ0v) is 12.9. The standard InChI is InChI=1S/C15H12F6O4/c1-3-6(4-2)9(14(23)24)12(22)7-5-8(16)11(18)13(10(7)17)25-15(19,20)21/h5H,3-4H2,1-2H3,(H,23,24). The van der Waals surface area contributed by atoms with Crippen LogP contribution in [0.4, 0.5) is 26.3 Å². The summed E-state index contributed by atoms with van der Waals surface area (Å²) in [4.78, 5) is 23.5. The second-order valence-corrected chi connectivity index (χ2v) is 4.73. The normalized spacial score (nSPS) is 11.2. The number of carboxylic acids is 1. The van der Waals surface area contributed by atoms with Crippen LogP contribution in [0.15, 0.2) is 17.2 Å². The van der Waals surface area contributed by atoms with Gasteiger partial charge in [0.05, 0.1) is 5.56 Å². The van der Waals surface area contributed by atoms with E-state index in [-0.39, 0.29) is 24.5 Å². The summed E-state index contributed by atoms with van der Waals surface area (Å²) in [5.74, 6) is -12.0. The molecular formula is C15H12F6O4. The second kappa shape index (κ2) is 7.58. The monoisotopic (exact) mass is 370 g/mol. The van der Waals surface area contributed by atoms with Gasteiger partial charge in [-0.2, -0.15) is 4.39 Å². The number of alkyl halides is 3. The van der Waals surface area contributed by atoms with Crippen LogP contribution < -0.4 is 4.74 Å². The minimum atomic E-state index is -5.56. The smallest absolute Gasteiger partial charge is 0.478 e. The van der Waals surface area contributed by atoms with Crippen LogP contribution in [0.2, 0.25) is 0 Å². The first-order valence-electron chi connectivity index (χ1n) is 6.87. The molecule has 0 spiro atoms. The van der Waals surface area contributed by atoms with Gasteiger partial charge in [-0.3, -0.25) is 4.79 Å². The molecule has 0 aliphatic carbocycles. The lowest BCUT2D eigenvalue weighted by Crippen LogP contribution is -2.22. The highest BCUT2D eigenvalue weighted by Crippen LogP contribution is 2.33. The summed E-state index contributed by atoms with van der Waals surface area (Å²) in [5.41, 5.74) is -2.25. The number of rotatable bonds is 6. The van der Waals surface area contributed by atoms with Gasteiger partial charge in [0.1, 0.15) is 5.57 Å². The number of aliphatic carboxylic acids is 1. The van der Waals surface area contributed by atoms with Crippen LogP contribution in [0.25, 0.3) is 0 Å². The van der Waals surface area contributed by atoms with E-state index >= 15 is 0 Å². The molecule has 10 heteroatoms. The molecule has 1 rings (SSSR count). The molecule has 1 N–H and O–H groups in total. The molecule has 0 atom stereocenters. The third-order valence-corrected chi connectivity index (χ3v) is 3.23. The first-order valence-corrected chi connectivity index (χ1v) is 6.87. The topological polar surface area (TPSA) is 63.6 Å². The SMILES string of the molecule is CCC(CC)=C(C(=O)O)C(=O)c1cc(F)c(F)c(OC(F)(F)F)c1F. The number of carbonyl (C=O) groups excluding carboxylic acids is 1. The molecule has 0 aliphatic rings. The Labute approximate surface area is 137 Å². The van der Waals surface area contributed by atoms with Gasteiger partial charge in [0.25, 0.3) is 0 Å². The van der Waals surface area contributed by atoms with Crippen molar-refractivity contribution in [1.82, 2.24) is 0 Å². The summed E-state index contributed by atoms with van der Waals surface area (Å²) in [6, 6.07) is -0.0118. The van der Waals surface area contributed by atoms with Crippen molar-refractivity contribution in [3.63, 3.8) is 0 Å². The van der Waals surface area contributed by atoms with Crippen LogP contribution in [0.1, 0.15) is 37.0 Å². The maximum atomic E-state index is 14.1. The predicted molar refractivity (Wildman–Crippen MR) is 72.6 cm³/mol. The molecule has 0 unspecified atom stereocenters. The number of halogens is 6. The van der Waals surface area contributed by atoms with Crippen molar-refractivity contribution < 1.29 is 45.8 Å². The molecule has 4 nitrogen and oxygen atoms in total. The number of carboxylic acid groups (broad SMARTS) is 1. The van der Waals surface area contributed by atoms with Crippen molar-refractivity contribution in [1.29, 1.82) is 0 Å². The van der Waals surface area contributed by atoms with Crippen LogP contribution in [0.5, 0.6) is 5.75 Å². The Morgan fingerprint density at radius 1 is 1.08 bits per heavy atom. The van der Waals surface area contributed by atoms with Crippen molar-refractivity contribution in [3.8, 4) is 5.75 Å². The lowest BCUT2D eigenvalue weighted by atomic mass is 9.95. The van der Waals surface area contributed by atoms with Gasteiger partial charge in [-0.15, -0.1) is 13.2 Å². The Morgan fingerprint density at radius 3 is 2.00 bits per heavy atom. The highest BCUT2D eigenvalue weighted by molar-refractivity contribution is 6.24. The van der Waals surface area contributed by atoms with E-state index in [1.807, 2.05) is 0 Å². The quantitative estimate of drug-likeness (QED) is 0.202. The van der Waals surface area contributed by atoms with Crippen LogP contribution in [-0.2, 0) is 4.79 Å². The number of allylic oxidation sites excluding steroid dienone is 1. The number of hydrogen-bond donors (Lipinski definition) is 1. The first-order chi connectivity index (χ1) is 11.4. The molecular weight excluding hydrogens is 358 g/mol. The van der Waals surface area contributed by atoms with Crippen molar-refractivity contribution >= 4 is 11.8 Å². The van der Waals surface area contributed by atoms with Gasteiger partial charge in [-0.25, -0.2) is 13.6 Å². The van der Waals surface area contributed by atoms with E-state index in [4.69, 9.17) is 5.11 Å². The Bertz CT molecular complexity index is 731. The van der Waals surface area contributed by atoms with Crippen LogP contribution in [0, 0.1) is 17.5 Å². The van der Waals surface area contributed by atoms with Gasteiger partial charge in [0.15, 0.2) is 11.6 Å². The third-order valence-electron chi connectivity index (χ3n) is 3.23. The van der Waals surface area contributed by atoms with Crippen LogP contribution in [0.3, 0.4) is 0 Å². The molecule has 1 aromatic rings.